The van der Waals surface area contributed by atoms with Gasteiger partial charge in [0.15, 0.2) is 0 Å². The van der Waals surface area contributed by atoms with Crippen LogP contribution in [0.1, 0.15) is 36.5 Å². The molecular weight excluding hydrogens is 328 g/mol. The lowest BCUT2D eigenvalue weighted by Gasteiger charge is -2.33. The zero-order valence-corrected chi connectivity index (χ0v) is 14.8. The molecule has 1 heterocycles. The normalized spacial score (nSPS) is 21.7. The van der Waals surface area contributed by atoms with E-state index in [1.54, 1.807) is 0 Å². The number of fused-ring (bicyclic) bond motifs is 2. The summed E-state index contributed by atoms with van der Waals surface area (Å²) in [5, 5.41) is 2.99. The Hall–Kier alpha value is -2.82. The van der Waals surface area contributed by atoms with Gasteiger partial charge in [0.05, 0.1) is 13.2 Å². The maximum atomic E-state index is 13.3. The van der Waals surface area contributed by atoms with Gasteiger partial charge in [0.2, 0.25) is 0 Å². The van der Waals surface area contributed by atoms with Gasteiger partial charge in [-0.05, 0) is 43.4 Å². The molecule has 3 amide bonds. The molecule has 4 rings (SSSR count). The number of amides is 3. The highest BCUT2D eigenvalue weighted by atomic mass is 16.5. The van der Waals surface area contributed by atoms with E-state index in [0.717, 1.165) is 29.5 Å². The fraction of sp³-hybridized carbons (Fsp3) is 0.333. The van der Waals surface area contributed by atoms with Gasteiger partial charge < -0.3 is 10.1 Å². The number of imide groups is 1. The van der Waals surface area contributed by atoms with Crippen molar-refractivity contribution in [3.63, 3.8) is 0 Å². The number of para-hydroxylation sites is 1. The number of hydrogen-bond donors (Lipinski definition) is 1. The molecule has 1 atom stereocenters. The van der Waals surface area contributed by atoms with E-state index in [0.29, 0.717) is 18.8 Å². The van der Waals surface area contributed by atoms with Crippen LogP contribution in [0.25, 0.3) is 0 Å². The number of rotatable bonds is 4. The summed E-state index contributed by atoms with van der Waals surface area (Å²) < 4.78 is 5.64. The molecule has 1 fully saturated rings. The van der Waals surface area contributed by atoms with Gasteiger partial charge in [-0.2, -0.15) is 0 Å². The summed E-state index contributed by atoms with van der Waals surface area (Å²) in [4.78, 5) is 27.3. The SMILES string of the molecule is CCOc1ccccc1CN1C(=O)N[C@@]2(CCCc3ccccc32)C1=O. The minimum Gasteiger partial charge on any atom is -0.494 e. The predicted molar refractivity (Wildman–Crippen MR) is 97.8 cm³/mol. The fourth-order valence-corrected chi connectivity index (χ4v) is 4.06. The van der Waals surface area contributed by atoms with Crippen molar-refractivity contribution in [3.8, 4) is 5.75 Å². The van der Waals surface area contributed by atoms with Crippen molar-refractivity contribution in [1.29, 1.82) is 0 Å². The third-order valence-electron chi connectivity index (χ3n) is 5.25. The van der Waals surface area contributed by atoms with Gasteiger partial charge in [-0.25, -0.2) is 4.79 Å². The van der Waals surface area contributed by atoms with Crippen LogP contribution in [0.4, 0.5) is 4.79 Å². The number of nitrogens with zero attached hydrogens (tertiary/aromatic N) is 1. The zero-order chi connectivity index (χ0) is 18.1. The molecule has 0 unspecified atom stereocenters. The molecule has 5 nitrogen and oxygen atoms in total. The second-order valence-electron chi connectivity index (χ2n) is 6.78. The Morgan fingerprint density at radius 2 is 1.88 bits per heavy atom. The maximum absolute atomic E-state index is 13.3. The van der Waals surface area contributed by atoms with E-state index in [4.69, 9.17) is 4.74 Å². The van der Waals surface area contributed by atoms with Crippen LogP contribution < -0.4 is 10.1 Å². The van der Waals surface area contributed by atoms with Crippen LogP contribution in [0, 0.1) is 0 Å². The first-order valence-corrected chi connectivity index (χ1v) is 9.09. The van der Waals surface area contributed by atoms with Crippen molar-refractivity contribution in [2.75, 3.05) is 6.61 Å². The predicted octanol–water partition coefficient (Wildman–Crippen LogP) is 3.37. The van der Waals surface area contributed by atoms with Crippen molar-refractivity contribution in [1.82, 2.24) is 10.2 Å². The lowest BCUT2D eigenvalue weighted by molar-refractivity contribution is -0.132. The lowest BCUT2D eigenvalue weighted by atomic mass is 9.76. The van der Waals surface area contributed by atoms with Crippen LogP contribution in [0.3, 0.4) is 0 Å². The summed E-state index contributed by atoms with van der Waals surface area (Å²) in [7, 11) is 0. The molecule has 1 saturated heterocycles. The van der Waals surface area contributed by atoms with Crippen LogP contribution in [0.2, 0.25) is 0 Å². The Labute approximate surface area is 153 Å². The molecule has 134 valence electrons. The van der Waals surface area contributed by atoms with Crippen LogP contribution in [-0.2, 0) is 23.3 Å². The minimum absolute atomic E-state index is 0.166. The van der Waals surface area contributed by atoms with E-state index in [2.05, 4.69) is 5.32 Å². The average Bonchev–Trinajstić information content (AvgIpc) is 2.89. The number of ether oxygens (including phenoxy) is 1. The Bertz CT molecular complexity index is 864. The number of carbonyl (C=O) groups excluding carboxylic acids is 2. The number of aryl methyl sites for hydroxylation is 1. The summed E-state index contributed by atoms with van der Waals surface area (Å²) in [5.74, 6) is 0.543. The molecule has 0 aromatic heterocycles. The lowest BCUT2D eigenvalue weighted by Crippen LogP contribution is -2.46. The summed E-state index contributed by atoms with van der Waals surface area (Å²) in [5.41, 5.74) is 1.99. The standard InChI is InChI=1S/C21H22N2O3/c1-2-26-18-12-6-4-9-16(18)14-23-19(24)21(22-20(23)25)13-7-10-15-8-3-5-11-17(15)21/h3-6,8-9,11-12H,2,7,10,13-14H2,1H3,(H,22,25)/t21-/m1/s1. The summed E-state index contributed by atoms with van der Waals surface area (Å²) in [6.07, 6.45) is 2.46. The molecule has 2 aromatic carbocycles. The highest BCUT2D eigenvalue weighted by Crippen LogP contribution is 2.40. The first-order chi connectivity index (χ1) is 12.7. The third kappa shape index (κ3) is 2.55. The Morgan fingerprint density at radius 3 is 2.73 bits per heavy atom. The van der Waals surface area contributed by atoms with Crippen molar-refractivity contribution in [2.45, 2.75) is 38.3 Å². The first-order valence-electron chi connectivity index (χ1n) is 9.09. The van der Waals surface area contributed by atoms with Gasteiger partial charge >= 0.3 is 6.03 Å². The zero-order valence-electron chi connectivity index (χ0n) is 14.8. The van der Waals surface area contributed by atoms with Crippen molar-refractivity contribution in [3.05, 3.63) is 65.2 Å². The molecule has 26 heavy (non-hydrogen) atoms. The van der Waals surface area contributed by atoms with Gasteiger partial charge in [-0.1, -0.05) is 42.5 Å². The molecular formula is C21H22N2O3. The van der Waals surface area contributed by atoms with E-state index in [1.807, 2.05) is 55.5 Å². The van der Waals surface area contributed by atoms with Crippen molar-refractivity contribution >= 4 is 11.9 Å². The highest BCUT2D eigenvalue weighted by Gasteiger charge is 2.53. The Kier molecular flexibility index (Phi) is 4.15. The van der Waals surface area contributed by atoms with Gasteiger partial charge in [-0.15, -0.1) is 0 Å². The summed E-state index contributed by atoms with van der Waals surface area (Å²) in [6.45, 7) is 2.66. The quantitative estimate of drug-likeness (QED) is 0.860. The average molecular weight is 350 g/mol. The molecule has 2 aromatic rings. The van der Waals surface area contributed by atoms with Crippen LogP contribution >= 0.6 is 0 Å². The van der Waals surface area contributed by atoms with E-state index in [-0.39, 0.29) is 18.5 Å². The largest absolute Gasteiger partial charge is 0.494 e. The number of hydrogen-bond acceptors (Lipinski definition) is 3. The van der Waals surface area contributed by atoms with Gasteiger partial charge in [0.25, 0.3) is 5.91 Å². The molecule has 5 heteroatoms. The number of nitrogens with one attached hydrogen (secondary N) is 1. The van der Waals surface area contributed by atoms with Gasteiger partial charge in [-0.3, -0.25) is 9.69 Å². The second kappa shape index (κ2) is 6.48. The highest BCUT2D eigenvalue weighted by molar-refractivity contribution is 6.07. The van der Waals surface area contributed by atoms with Crippen LogP contribution in [0.15, 0.2) is 48.5 Å². The second-order valence-corrected chi connectivity index (χ2v) is 6.78. The first kappa shape index (κ1) is 16.6. The minimum atomic E-state index is -0.924. The van der Waals surface area contributed by atoms with Crippen molar-refractivity contribution < 1.29 is 14.3 Å². The monoisotopic (exact) mass is 350 g/mol. The number of benzene rings is 2. The van der Waals surface area contributed by atoms with Gasteiger partial charge in [0.1, 0.15) is 11.3 Å². The van der Waals surface area contributed by atoms with E-state index in [1.165, 1.54) is 4.90 Å². The third-order valence-corrected chi connectivity index (χ3v) is 5.25. The number of urea groups is 1. The fourth-order valence-electron chi connectivity index (χ4n) is 4.06. The topological polar surface area (TPSA) is 58.6 Å². The molecule has 0 radical (unpaired) electrons. The Morgan fingerprint density at radius 1 is 1.12 bits per heavy atom. The van der Waals surface area contributed by atoms with Gasteiger partial charge in [0, 0.05) is 5.56 Å². The molecule has 0 bridgehead atoms. The van der Waals surface area contributed by atoms with Crippen LogP contribution in [0.5, 0.6) is 5.75 Å². The molecule has 2 aliphatic rings. The smallest absolute Gasteiger partial charge is 0.325 e. The van der Waals surface area contributed by atoms with Crippen molar-refractivity contribution in [2.24, 2.45) is 0 Å². The molecule has 1 spiro atoms. The summed E-state index contributed by atoms with van der Waals surface area (Å²) >= 11 is 0. The van der Waals surface area contributed by atoms with E-state index < -0.39 is 5.54 Å². The molecule has 1 aliphatic heterocycles. The number of carbonyl (C=O) groups is 2. The molecule has 1 aliphatic carbocycles. The Balaban J connectivity index is 1.68. The van der Waals surface area contributed by atoms with Crippen LogP contribution in [-0.4, -0.2) is 23.4 Å². The molecule has 0 saturated carbocycles. The summed E-state index contributed by atoms with van der Waals surface area (Å²) in [6, 6.07) is 15.1. The maximum Gasteiger partial charge on any atom is 0.325 e. The van der Waals surface area contributed by atoms with E-state index in [9.17, 15) is 9.59 Å². The van der Waals surface area contributed by atoms with E-state index >= 15 is 0 Å². The molecule has 1 N–H and O–H groups in total.